The van der Waals surface area contributed by atoms with Gasteiger partial charge in [-0.1, -0.05) is 6.07 Å². The first-order valence-electron chi connectivity index (χ1n) is 5.07. The number of ether oxygens (including phenoxy) is 1. The average Bonchev–Trinajstić information content (AvgIpc) is 2.69. The summed E-state index contributed by atoms with van der Waals surface area (Å²) in [5.74, 6) is 0.153. The number of carbonyl (C=O) groups excluding carboxylic acids is 1. The Morgan fingerprint density at radius 3 is 2.88 bits per heavy atom. The molecule has 2 rings (SSSR count). The van der Waals surface area contributed by atoms with E-state index < -0.39 is 5.97 Å². The summed E-state index contributed by atoms with van der Waals surface area (Å²) in [5.41, 5.74) is 6.81. The highest BCUT2D eigenvalue weighted by Crippen LogP contribution is 2.23. The minimum atomic E-state index is -0.465. The number of esters is 1. The lowest BCUT2D eigenvalue weighted by Crippen LogP contribution is -2.10. The van der Waals surface area contributed by atoms with Crippen LogP contribution in [0.15, 0.2) is 22.8 Å². The van der Waals surface area contributed by atoms with Crippen molar-refractivity contribution >= 4 is 27.4 Å². The molecule has 2 N–H and O–H groups in total. The molecule has 0 saturated heterocycles. The van der Waals surface area contributed by atoms with E-state index in [9.17, 15) is 4.79 Å². The number of nitrogens with zero attached hydrogens (tertiary/aromatic N) is 2. The van der Waals surface area contributed by atoms with Crippen LogP contribution in [0.2, 0.25) is 0 Å². The standard InChI is InChI=1S/C11H12BrN3O2/c1-6(13)10-14-9(11(16)17-2)7-4-3-5-8(12)15(7)10/h3-6H,13H2,1-2H3. The van der Waals surface area contributed by atoms with Crippen LogP contribution in [0.4, 0.5) is 0 Å². The van der Waals surface area contributed by atoms with Gasteiger partial charge in [-0.15, -0.1) is 0 Å². The molecule has 2 aromatic heterocycles. The Morgan fingerprint density at radius 1 is 1.59 bits per heavy atom. The van der Waals surface area contributed by atoms with E-state index in [0.717, 1.165) is 4.60 Å². The van der Waals surface area contributed by atoms with E-state index in [1.807, 2.05) is 19.1 Å². The Hall–Kier alpha value is -1.40. The normalized spacial score (nSPS) is 12.7. The van der Waals surface area contributed by atoms with Crippen LogP contribution in [0.1, 0.15) is 29.3 Å². The average molecular weight is 298 g/mol. The summed E-state index contributed by atoms with van der Waals surface area (Å²) in [5, 5.41) is 0. The zero-order valence-corrected chi connectivity index (χ0v) is 11.1. The minimum absolute atomic E-state index is 0.278. The minimum Gasteiger partial charge on any atom is -0.464 e. The van der Waals surface area contributed by atoms with E-state index in [-0.39, 0.29) is 11.7 Å². The van der Waals surface area contributed by atoms with Crippen LogP contribution < -0.4 is 5.73 Å². The first-order valence-corrected chi connectivity index (χ1v) is 5.86. The quantitative estimate of drug-likeness (QED) is 0.679. The molecule has 0 bridgehead atoms. The maximum atomic E-state index is 11.6. The number of carbonyl (C=O) groups is 1. The molecule has 0 aliphatic rings. The monoisotopic (exact) mass is 297 g/mol. The summed E-state index contributed by atoms with van der Waals surface area (Å²) in [6.45, 7) is 1.81. The Labute approximate surface area is 107 Å². The lowest BCUT2D eigenvalue weighted by molar-refractivity contribution is 0.0597. The molecule has 0 radical (unpaired) electrons. The number of pyridine rings is 1. The zero-order valence-electron chi connectivity index (χ0n) is 9.48. The van der Waals surface area contributed by atoms with Crippen molar-refractivity contribution in [2.24, 2.45) is 5.73 Å². The number of methoxy groups -OCH3 is 1. The molecule has 0 spiro atoms. The number of hydrogen-bond acceptors (Lipinski definition) is 4. The van der Waals surface area contributed by atoms with Crippen molar-refractivity contribution in [1.29, 1.82) is 0 Å². The number of imidazole rings is 1. The van der Waals surface area contributed by atoms with Crippen LogP contribution in [0, 0.1) is 0 Å². The lowest BCUT2D eigenvalue weighted by Gasteiger charge is -2.05. The van der Waals surface area contributed by atoms with E-state index in [4.69, 9.17) is 10.5 Å². The molecule has 0 saturated carbocycles. The van der Waals surface area contributed by atoms with Crippen molar-refractivity contribution in [1.82, 2.24) is 9.38 Å². The second-order valence-corrected chi connectivity index (χ2v) is 4.48. The fourth-order valence-corrected chi connectivity index (χ4v) is 2.20. The molecule has 0 fully saturated rings. The van der Waals surface area contributed by atoms with E-state index in [1.54, 1.807) is 10.5 Å². The number of hydrogen-bond donors (Lipinski definition) is 1. The maximum Gasteiger partial charge on any atom is 0.358 e. The van der Waals surface area contributed by atoms with Gasteiger partial charge in [-0.05, 0) is 35.0 Å². The van der Waals surface area contributed by atoms with Gasteiger partial charge in [-0.25, -0.2) is 9.78 Å². The molecule has 1 atom stereocenters. The topological polar surface area (TPSA) is 69.6 Å². The molecule has 17 heavy (non-hydrogen) atoms. The Kier molecular flexibility index (Phi) is 3.17. The molecule has 0 aliphatic heterocycles. The van der Waals surface area contributed by atoms with Gasteiger partial charge in [0.15, 0.2) is 5.69 Å². The largest absolute Gasteiger partial charge is 0.464 e. The second-order valence-electron chi connectivity index (χ2n) is 3.67. The summed E-state index contributed by atoms with van der Waals surface area (Å²) in [7, 11) is 1.33. The van der Waals surface area contributed by atoms with Crippen molar-refractivity contribution in [2.75, 3.05) is 7.11 Å². The second kappa shape index (κ2) is 4.46. The maximum absolute atomic E-state index is 11.6. The molecule has 0 aromatic carbocycles. The smallest absolute Gasteiger partial charge is 0.358 e. The predicted molar refractivity (Wildman–Crippen MR) is 66.8 cm³/mol. The third kappa shape index (κ3) is 1.94. The van der Waals surface area contributed by atoms with E-state index >= 15 is 0 Å². The van der Waals surface area contributed by atoms with Gasteiger partial charge in [-0.3, -0.25) is 4.40 Å². The van der Waals surface area contributed by atoms with Gasteiger partial charge in [0, 0.05) is 0 Å². The van der Waals surface area contributed by atoms with Gasteiger partial charge < -0.3 is 10.5 Å². The van der Waals surface area contributed by atoms with Crippen molar-refractivity contribution in [3.05, 3.63) is 34.3 Å². The Morgan fingerprint density at radius 2 is 2.29 bits per heavy atom. The Bertz CT molecular complexity index is 577. The molecular weight excluding hydrogens is 286 g/mol. The fourth-order valence-electron chi connectivity index (χ4n) is 1.67. The van der Waals surface area contributed by atoms with Crippen LogP contribution >= 0.6 is 15.9 Å². The lowest BCUT2D eigenvalue weighted by atomic mass is 10.3. The van der Waals surface area contributed by atoms with Crippen LogP contribution in [0.25, 0.3) is 5.52 Å². The predicted octanol–water partition coefficient (Wildman–Crippen LogP) is 1.90. The molecule has 2 aromatic rings. The third-order valence-electron chi connectivity index (χ3n) is 2.43. The molecule has 90 valence electrons. The molecule has 1 unspecified atom stereocenters. The van der Waals surface area contributed by atoms with Gasteiger partial charge in [-0.2, -0.15) is 0 Å². The van der Waals surface area contributed by atoms with E-state index in [0.29, 0.717) is 11.3 Å². The first-order chi connectivity index (χ1) is 8.06. The number of halogens is 1. The van der Waals surface area contributed by atoms with Crippen LogP contribution in [-0.2, 0) is 4.74 Å². The summed E-state index contributed by atoms with van der Waals surface area (Å²) >= 11 is 3.42. The molecule has 0 aliphatic carbocycles. The third-order valence-corrected chi connectivity index (χ3v) is 3.05. The summed E-state index contributed by atoms with van der Waals surface area (Å²) in [4.78, 5) is 15.9. The van der Waals surface area contributed by atoms with Crippen molar-refractivity contribution in [3.8, 4) is 0 Å². The summed E-state index contributed by atoms with van der Waals surface area (Å²) in [6, 6.07) is 5.22. The molecule has 2 heterocycles. The van der Waals surface area contributed by atoms with Gasteiger partial charge in [0.1, 0.15) is 5.82 Å². The van der Waals surface area contributed by atoms with Crippen LogP contribution in [0.3, 0.4) is 0 Å². The summed E-state index contributed by atoms with van der Waals surface area (Å²) in [6.07, 6.45) is 0. The van der Waals surface area contributed by atoms with Crippen LogP contribution in [-0.4, -0.2) is 22.5 Å². The van der Waals surface area contributed by atoms with Crippen molar-refractivity contribution < 1.29 is 9.53 Å². The first kappa shape index (κ1) is 12.1. The highest BCUT2D eigenvalue weighted by Gasteiger charge is 2.20. The molecule has 5 nitrogen and oxygen atoms in total. The van der Waals surface area contributed by atoms with Gasteiger partial charge in [0.2, 0.25) is 0 Å². The van der Waals surface area contributed by atoms with E-state index in [2.05, 4.69) is 20.9 Å². The van der Waals surface area contributed by atoms with Crippen LogP contribution in [0.5, 0.6) is 0 Å². The van der Waals surface area contributed by atoms with Gasteiger partial charge in [0.05, 0.1) is 23.3 Å². The summed E-state index contributed by atoms with van der Waals surface area (Å²) < 4.78 is 7.31. The van der Waals surface area contributed by atoms with Gasteiger partial charge in [0.25, 0.3) is 0 Å². The van der Waals surface area contributed by atoms with E-state index in [1.165, 1.54) is 7.11 Å². The van der Waals surface area contributed by atoms with Crippen molar-refractivity contribution in [3.63, 3.8) is 0 Å². The van der Waals surface area contributed by atoms with Gasteiger partial charge >= 0.3 is 5.97 Å². The number of rotatable bonds is 2. The number of aromatic nitrogens is 2. The molecule has 0 amide bonds. The SMILES string of the molecule is COC(=O)c1nc(C(C)N)n2c(Br)cccc12. The Balaban J connectivity index is 2.80. The number of fused-ring (bicyclic) bond motifs is 1. The molecular formula is C11H12BrN3O2. The highest BCUT2D eigenvalue weighted by atomic mass is 79.9. The van der Waals surface area contributed by atoms with Crippen molar-refractivity contribution in [2.45, 2.75) is 13.0 Å². The zero-order chi connectivity index (χ0) is 12.6. The fraction of sp³-hybridized carbons (Fsp3) is 0.273. The number of nitrogens with two attached hydrogens (primary N) is 1. The molecule has 6 heteroatoms. The highest BCUT2D eigenvalue weighted by molar-refractivity contribution is 9.10.